The molecular weight excluding hydrogens is 410 g/mol. The molecule has 1 aliphatic heterocycles. The monoisotopic (exact) mass is 435 g/mol. The number of β-amino-alcohol motifs (C(OH)–C–C–N with tert-alkyl or cyclic N) is 1. The predicted octanol–water partition coefficient (Wildman–Crippen LogP) is 4.97. The standard InChI is InChI=1S/C25H26ClN3O2/c1-24(2,3)22-11-16(7-8-28-22)18-9-19(13-27-12-18)20-6-5-17(10-21(20)26)23(30)29-14-25(4,31)15-29/h5-13,31H,14-15H2,1-4H3. The van der Waals surface area contributed by atoms with Crippen molar-refractivity contribution in [3.05, 3.63) is 71.3 Å². The lowest BCUT2D eigenvalue weighted by molar-refractivity contribution is -0.0668. The van der Waals surface area contributed by atoms with Crippen molar-refractivity contribution in [3.8, 4) is 22.3 Å². The average molecular weight is 436 g/mol. The van der Waals surface area contributed by atoms with Gasteiger partial charge in [0.1, 0.15) is 0 Å². The van der Waals surface area contributed by atoms with Crippen molar-refractivity contribution in [2.24, 2.45) is 0 Å². The van der Waals surface area contributed by atoms with Gasteiger partial charge in [-0.3, -0.25) is 14.8 Å². The van der Waals surface area contributed by atoms with Crippen LogP contribution in [0.3, 0.4) is 0 Å². The van der Waals surface area contributed by atoms with E-state index in [1.54, 1.807) is 30.2 Å². The third kappa shape index (κ3) is 4.48. The Bertz CT molecular complexity index is 1140. The van der Waals surface area contributed by atoms with Crippen LogP contribution in [0.5, 0.6) is 0 Å². The van der Waals surface area contributed by atoms with E-state index in [1.165, 1.54) is 0 Å². The van der Waals surface area contributed by atoms with E-state index in [-0.39, 0.29) is 11.3 Å². The summed E-state index contributed by atoms with van der Waals surface area (Å²) >= 11 is 6.56. The summed E-state index contributed by atoms with van der Waals surface area (Å²) in [6, 6.07) is 11.4. The largest absolute Gasteiger partial charge is 0.386 e. The molecule has 0 radical (unpaired) electrons. The summed E-state index contributed by atoms with van der Waals surface area (Å²) in [4.78, 5) is 23.1. The fourth-order valence-electron chi connectivity index (χ4n) is 3.75. The molecule has 1 N–H and O–H groups in total. The Morgan fingerprint density at radius 3 is 2.42 bits per heavy atom. The number of pyridine rings is 2. The maximum atomic E-state index is 12.6. The molecule has 0 atom stereocenters. The van der Waals surface area contributed by atoms with Crippen LogP contribution >= 0.6 is 11.6 Å². The summed E-state index contributed by atoms with van der Waals surface area (Å²) in [7, 11) is 0. The summed E-state index contributed by atoms with van der Waals surface area (Å²) in [5, 5.41) is 10.4. The van der Waals surface area contributed by atoms with E-state index < -0.39 is 5.60 Å². The first kappa shape index (κ1) is 21.5. The second-order valence-corrected chi connectivity index (χ2v) is 9.90. The number of hydrogen-bond donors (Lipinski definition) is 1. The molecule has 0 aliphatic carbocycles. The highest BCUT2D eigenvalue weighted by Gasteiger charge is 2.39. The van der Waals surface area contributed by atoms with Gasteiger partial charge >= 0.3 is 0 Å². The number of amides is 1. The van der Waals surface area contributed by atoms with Crippen molar-refractivity contribution in [1.82, 2.24) is 14.9 Å². The maximum absolute atomic E-state index is 12.6. The van der Waals surface area contributed by atoms with Crippen molar-refractivity contribution in [3.63, 3.8) is 0 Å². The van der Waals surface area contributed by atoms with Crippen LogP contribution in [0.25, 0.3) is 22.3 Å². The zero-order valence-corrected chi connectivity index (χ0v) is 18.9. The van der Waals surface area contributed by atoms with Gasteiger partial charge in [-0.05, 0) is 42.8 Å². The molecule has 1 aromatic carbocycles. The number of rotatable bonds is 3. The summed E-state index contributed by atoms with van der Waals surface area (Å²) in [6.45, 7) is 8.80. The lowest BCUT2D eigenvalue weighted by Gasteiger charge is -2.44. The molecule has 1 saturated heterocycles. The van der Waals surface area contributed by atoms with Gasteiger partial charge in [0, 0.05) is 57.0 Å². The van der Waals surface area contributed by atoms with Crippen LogP contribution in [-0.4, -0.2) is 44.6 Å². The number of likely N-dealkylation sites (tertiary alicyclic amines) is 1. The molecule has 0 saturated carbocycles. The van der Waals surface area contributed by atoms with Gasteiger partial charge in [-0.25, -0.2) is 0 Å². The second-order valence-electron chi connectivity index (χ2n) is 9.49. The molecule has 6 heteroatoms. The van der Waals surface area contributed by atoms with Gasteiger partial charge in [0.15, 0.2) is 0 Å². The molecular formula is C25H26ClN3O2. The van der Waals surface area contributed by atoms with Gasteiger partial charge < -0.3 is 10.0 Å². The minimum absolute atomic E-state index is 0.0450. The highest BCUT2D eigenvalue weighted by molar-refractivity contribution is 6.33. The molecule has 0 spiro atoms. The Balaban J connectivity index is 1.62. The van der Waals surface area contributed by atoms with Crippen LogP contribution in [0.15, 0.2) is 55.0 Å². The molecule has 4 rings (SSSR count). The topological polar surface area (TPSA) is 66.3 Å². The summed E-state index contributed by atoms with van der Waals surface area (Å²) < 4.78 is 0. The molecule has 1 aliphatic rings. The molecule has 3 aromatic rings. The third-order valence-electron chi connectivity index (χ3n) is 5.48. The Morgan fingerprint density at radius 1 is 1.06 bits per heavy atom. The molecule has 3 heterocycles. The van der Waals surface area contributed by atoms with Gasteiger partial charge in [-0.15, -0.1) is 0 Å². The molecule has 31 heavy (non-hydrogen) atoms. The molecule has 0 unspecified atom stereocenters. The van der Waals surface area contributed by atoms with E-state index in [9.17, 15) is 9.90 Å². The average Bonchev–Trinajstić information content (AvgIpc) is 2.71. The lowest BCUT2D eigenvalue weighted by Crippen LogP contribution is -2.61. The zero-order chi connectivity index (χ0) is 22.4. The second kappa shape index (κ2) is 7.74. The molecule has 160 valence electrons. The highest BCUT2D eigenvalue weighted by atomic mass is 35.5. The number of carbonyl (C=O) groups excluding carboxylic acids is 1. The van der Waals surface area contributed by atoms with Gasteiger partial charge in [0.05, 0.1) is 18.7 Å². The van der Waals surface area contributed by atoms with Gasteiger partial charge in [0.25, 0.3) is 5.91 Å². The van der Waals surface area contributed by atoms with Crippen molar-refractivity contribution < 1.29 is 9.90 Å². The van der Waals surface area contributed by atoms with Gasteiger partial charge in [0.2, 0.25) is 0 Å². The molecule has 0 bridgehead atoms. The smallest absolute Gasteiger partial charge is 0.254 e. The first-order chi connectivity index (χ1) is 14.5. The summed E-state index contributed by atoms with van der Waals surface area (Å²) in [6.07, 6.45) is 5.42. The van der Waals surface area contributed by atoms with Crippen molar-refractivity contribution >= 4 is 17.5 Å². The number of aromatic nitrogens is 2. The minimum Gasteiger partial charge on any atom is -0.386 e. The summed E-state index contributed by atoms with van der Waals surface area (Å²) in [5.41, 5.74) is 4.39. The van der Waals surface area contributed by atoms with E-state index in [4.69, 9.17) is 11.6 Å². The van der Waals surface area contributed by atoms with Crippen LogP contribution in [0, 0.1) is 0 Å². The fraction of sp³-hybridized carbons (Fsp3) is 0.320. The van der Waals surface area contributed by atoms with E-state index in [0.717, 1.165) is 27.9 Å². The highest BCUT2D eigenvalue weighted by Crippen LogP contribution is 2.33. The van der Waals surface area contributed by atoms with Crippen LogP contribution in [0.1, 0.15) is 43.7 Å². The third-order valence-corrected chi connectivity index (χ3v) is 5.79. The van der Waals surface area contributed by atoms with E-state index in [2.05, 4.69) is 36.8 Å². The number of nitrogens with zero attached hydrogens (tertiary/aromatic N) is 3. The van der Waals surface area contributed by atoms with Crippen LogP contribution in [0.2, 0.25) is 5.02 Å². The number of benzene rings is 1. The molecule has 1 fully saturated rings. The van der Waals surface area contributed by atoms with Gasteiger partial charge in [-0.2, -0.15) is 0 Å². The zero-order valence-electron chi connectivity index (χ0n) is 18.2. The summed E-state index contributed by atoms with van der Waals surface area (Å²) in [5.74, 6) is -0.127. The predicted molar refractivity (Wildman–Crippen MR) is 123 cm³/mol. The number of hydrogen-bond acceptors (Lipinski definition) is 4. The molecule has 1 amide bonds. The van der Waals surface area contributed by atoms with Crippen molar-refractivity contribution in [2.45, 2.75) is 38.7 Å². The Kier molecular flexibility index (Phi) is 5.36. The SMILES string of the molecule is CC1(O)CN(C(=O)c2ccc(-c3cncc(-c4ccnc(C(C)(C)C)c4)c3)c(Cl)c2)C1. The molecule has 5 nitrogen and oxygen atoms in total. The van der Waals surface area contributed by atoms with Crippen molar-refractivity contribution in [2.75, 3.05) is 13.1 Å². The van der Waals surface area contributed by atoms with E-state index >= 15 is 0 Å². The normalized spacial score (nSPS) is 15.5. The number of halogens is 1. The Hall–Kier alpha value is -2.76. The maximum Gasteiger partial charge on any atom is 0.254 e. The number of carbonyl (C=O) groups is 1. The van der Waals surface area contributed by atoms with Crippen LogP contribution in [-0.2, 0) is 5.41 Å². The minimum atomic E-state index is -0.800. The van der Waals surface area contributed by atoms with Crippen molar-refractivity contribution in [1.29, 1.82) is 0 Å². The van der Waals surface area contributed by atoms with Gasteiger partial charge in [-0.1, -0.05) is 38.4 Å². The Morgan fingerprint density at radius 2 is 1.77 bits per heavy atom. The quantitative estimate of drug-likeness (QED) is 0.630. The first-order valence-electron chi connectivity index (χ1n) is 10.3. The van der Waals surface area contributed by atoms with Crippen LogP contribution in [0.4, 0.5) is 0 Å². The fourth-order valence-corrected chi connectivity index (χ4v) is 4.04. The first-order valence-corrected chi connectivity index (χ1v) is 10.6. The van der Waals surface area contributed by atoms with Crippen LogP contribution < -0.4 is 0 Å². The van der Waals surface area contributed by atoms with E-state index in [1.807, 2.05) is 30.6 Å². The number of aliphatic hydroxyl groups is 1. The molecule has 2 aromatic heterocycles. The lowest BCUT2D eigenvalue weighted by atomic mass is 9.90. The Labute approximate surface area is 187 Å². The van der Waals surface area contributed by atoms with E-state index in [0.29, 0.717) is 23.7 Å².